The Morgan fingerprint density at radius 1 is 1.04 bits per heavy atom. The van der Waals surface area contributed by atoms with Gasteiger partial charge >= 0.3 is 6.18 Å². The Hall–Kier alpha value is -1.56. The van der Waals surface area contributed by atoms with Crippen molar-refractivity contribution in [2.45, 2.75) is 56.3 Å². The third kappa shape index (κ3) is 3.84. The molecule has 0 spiro atoms. The van der Waals surface area contributed by atoms with E-state index in [1.54, 1.807) is 0 Å². The van der Waals surface area contributed by atoms with Gasteiger partial charge in [-0.15, -0.1) is 0 Å². The minimum atomic E-state index is -4.31. The minimum Gasteiger partial charge on any atom is -0.353 e. The smallest absolute Gasteiger partial charge is 0.353 e. The Balaban J connectivity index is 1.27. The molecule has 0 radical (unpaired) electrons. The first-order valence-electron chi connectivity index (χ1n) is 9.13. The number of alkyl halides is 3. The summed E-state index contributed by atoms with van der Waals surface area (Å²) in [5.74, 6) is 0.0433. The molecule has 3 fully saturated rings. The van der Waals surface area contributed by atoms with Gasteiger partial charge in [-0.25, -0.2) is 0 Å². The van der Waals surface area contributed by atoms with Crippen molar-refractivity contribution < 1.29 is 18.0 Å². The third-order valence-corrected chi connectivity index (χ3v) is 5.73. The molecule has 1 amide bonds. The number of benzene rings is 1. The number of nitrogens with zero attached hydrogens (tertiary/aromatic N) is 1. The first kappa shape index (κ1) is 16.9. The Morgan fingerprint density at radius 2 is 1.68 bits per heavy atom. The molecule has 25 heavy (non-hydrogen) atoms. The van der Waals surface area contributed by atoms with Gasteiger partial charge in [-0.3, -0.25) is 4.79 Å². The highest BCUT2D eigenvalue weighted by atomic mass is 19.4. The van der Waals surface area contributed by atoms with Gasteiger partial charge in [0.2, 0.25) is 5.91 Å². The third-order valence-electron chi connectivity index (χ3n) is 5.73. The lowest BCUT2D eigenvalue weighted by Gasteiger charge is -2.32. The summed E-state index contributed by atoms with van der Waals surface area (Å²) >= 11 is 0. The molecule has 1 N–H and O–H groups in total. The van der Waals surface area contributed by atoms with E-state index in [0.29, 0.717) is 0 Å². The van der Waals surface area contributed by atoms with Crippen molar-refractivity contribution in [3.8, 4) is 0 Å². The molecule has 3 nitrogen and oxygen atoms in total. The lowest BCUT2D eigenvalue weighted by Crippen LogP contribution is -2.45. The molecule has 2 atom stereocenters. The molecule has 1 aromatic rings. The fourth-order valence-electron chi connectivity index (χ4n) is 3.93. The number of carbonyl (C=O) groups excluding carboxylic acids is 1. The van der Waals surface area contributed by atoms with Crippen LogP contribution >= 0.6 is 0 Å². The molecular weight excluding hydrogens is 329 g/mol. The van der Waals surface area contributed by atoms with Crippen LogP contribution in [0.25, 0.3) is 0 Å². The zero-order chi connectivity index (χ0) is 17.6. The Kier molecular flexibility index (Phi) is 4.26. The summed E-state index contributed by atoms with van der Waals surface area (Å²) in [7, 11) is 0. The lowest BCUT2D eigenvalue weighted by atomic mass is 10.0. The zero-order valence-electron chi connectivity index (χ0n) is 14.1. The predicted molar refractivity (Wildman–Crippen MR) is 88.1 cm³/mol. The van der Waals surface area contributed by atoms with Gasteiger partial charge in [-0.05, 0) is 55.7 Å². The van der Waals surface area contributed by atoms with Gasteiger partial charge in [0, 0.05) is 31.1 Å². The van der Waals surface area contributed by atoms with Crippen LogP contribution in [0.5, 0.6) is 0 Å². The molecule has 3 aliphatic rings. The van der Waals surface area contributed by atoms with Gasteiger partial charge in [0.05, 0.1) is 5.56 Å². The normalized spacial score (nSPS) is 28.0. The summed E-state index contributed by atoms with van der Waals surface area (Å²) in [5, 5.41) is 3.15. The number of halogens is 3. The number of nitrogens with one attached hydrogen (secondary N) is 1. The van der Waals surface area contributed by atoms with E-state index in [0.717, 1.165) is 56.1 Å². The number of carbonyl (C=O) groups is 1. The van der Waals surface area contributed by atoms with Crippen molar-refractivity contribution in [2.75, 3.05) is 13.1 Å². The summed E-state index contributed by atoms with van der Waals surface area (Å²) in [6.07, 6.45) is 1.05. The molecule has 136 valence electrons. The minimum absolute atomic E-state index is 0.0637. The molecular formula is C19H23F3N2O. The van der Waals surface area contributed by atoms with Gasteiger partial charge < -0.3 is 10.2 Å². The molecule has 2 saturated carbocycles. The molecule has 2 unspecified atom stereocenters. The number of hydrogen-bond acceptors (Lipinski definition) is 2. The molecule has 0 bridgehead atoms. The van der Waals surface area contributed by atoms with Crippen LogP contribution in [0.4, 0.5) is 13.2 Å². The summed E-state index contributed by atoms with van der Waals surface area (Å²) in [5.41, 5.74) is 0.192. The first-order valence-corrected chi connectivity index (χ1v) is 9.13. The SMILES string of the molecule is O=C(NC1CCN(C2CC2)CC1)C1CC1c1ccc(C(F)(F)F)cc1. The van der Waals surface area contributed by atoms with Crippen LogP contribution in [0.3, 0.4) is 0 Å². The van der Waals surface area contributed by atoms with Crippen LogP contribution in [0.1, 0.15) is 49.1 Å². The molecule has 1 aromatic carbocycles. The van der Waals surface area contributed by atoms with E-state index in [-0.39, 0.29) is 23.8 Å². The van der Waals surface area contributed by atoms with Crippen LogP contribution in [-0.2, 0) is 11.0 Å². The monoisotopic (exact) mass is 352 g/mol. The van der Waals surface area contributed by atoms with Crippen LogP contribution in [0, 0.1) is 5.92 Å². The average molecular weight is 352 g/mol. The number of likely N-dealkylation sites (tertiary alicyclic amines) is 1. The Labute approximate surface area is 145 Å². The molecule has 4 rings (SSSR count). The summed E-state index contributed by atoms with van der Waals surface area (Å²) < 4.78 is 37.8. The Bertz CT molecular complexity index is 631. The van der Waals surface area contributed by atoms with Crippen LogP contribution in [-0.4, -0.2) is 36.0 Å². The second-order valence-electron chi connectivity index (χ2n) is 7.62. The van der Waals surface area contributed by atoms with E-state index < -0.39 is 11.7 Å². The average Bonchev–Trinajstić information content (AvgIpc) is 3.48. The van der Waals surface area contributed by atoms with Gasteiger partial charge in [0.15, 0.2) is 0 Å². The van der Waals surface area contributed by atoms with Gasteiger partial charge in [-0.1, -0.05) is 12.1 Å². The second kappa shape index (κ2) is 6.31. The molecule has 2 aliphatic carbocycles. The molecule has 1 aliphatic heterocycles. The van der Waals surface area contributed by atoms with Crippen molar-refractivity contribution in [2.24, 2.45) is 5.92 Å². The fourth-order valence-corrected chi connectivity index (χ4v) is 3.93. The quantitative estimate of drug-likeness (QED) is 0.899. The summed E-state index contributed by atoms with van der Waals surface area (Å²) in [4.78, 5) is 14.9. The molecule has 6 heteroatoms. The summed E-state index contributed by atoms with van der Waals surface area (Å²) in [6.45, 7) is 2.12. The van der Waals surface area contributed by atoms with Crippen molar-refractivity contribution >= 4 is 5.91 Å². The van der Waals surface area contributed by atoms with E-state index in [2.05, 4.69) is 10.2 Å². The van der Waals surface area contributed by atoms with Gasteiger partial charge in [0.1, 0.15) is 0 Å². The van der Waals surface area contributed by atoms with E-state index in [1.165, 1.54) is 25.0 Å². The van der Waals surface area contributed by atoms with E-state index >= 15 is 0 Å². The highest BCUT2D eigenvalue weighted by molar-refractivity contribution is 5.83. The second-order valence-corrected chi connectivity index (χ2v) is 7.62. The summed E-state index contributed by atoms with van der Waals surface area (Å²) in [6, 6.07) is 6.26. The maximum absolute atomic E-state index is 12.6. The predicted octanol–water partition coefficient (Wildman–Crippen LogP) is 3.55. The molecule has 0 aromatic heterocycles. The van der Waals surface area contributed by atoms with Crippen molar-refractivity contribution in [1.29, 1.82) is 0 Å². The first-order chi connectivity index (χ1) is 11.9. The van der Waals surface area contributed by atoms with Crippen molar-refractivity contribution in [3.05, 3.63) is 35.4 Å². The van der Waals surface area contributed by atoms with Gasteiger partial charge in [0.25, 0.3) is 0 Å². The van der Waals surface area contributed by atoms with Crippen LogP contribution in [0.2, 0.25) is 0 Å². The largest absolute Gasteiger partial charge is 0.416 e. The Morgan fingerprint density at radius 3 is 2.24 bits per heavy atom. The maximum atomic E-state index is 12.6. The maximum Gasteiger partial charge on any atom is 0.416 e. The standard InChI is InChI=1S/C19H23F3N2O/c20-19(21,22)13-3-1-12(2-4-13)16-11-17(16)18(25)23-14-7-9-24(10-8-14)15-5-6-15/h1-4,14-17H,5-11H2,(H,23,25). The highest BCUT2D eigenvalue weighted by Crippen LogP contribution is 2.48. The number of piperidine rings is 1. The van der Waals surface area contributed by atoms with E-state index in [4.69, 9.17) is 0 Å². The van der Waals surface area contributed by atoms with Crippen molar-refractivity contribution in [3.63, 3.8) is 0 Å². The molecule has 1 saturated heterocycles. The fraction of sp³-hybridized carbons (Fsp3) is 0.632. The van der Waals surface area contributed by atoms with E-state index in [1.807, 2.05) is 0 Å². The van der Waals surface area contributed by atoms with Crippen molar-refractivity contribution in [1.82, 2.24) is 10.2 Å². The lowest BCUT2D eigenvalue weighted by molar-refractivity contribution is -0.137. The number of hydrogen-bond donors (Lipinski definition) is 1. The van der Waals surface area contributed by atoms with E-state index in [9.17, 15) is 18.0 Å². The highest BCUT2D eigenvalue weighted by Gasteiger charge is 2.45. The van der Waals surface area contributed by atoms with Crippen LogP contribution < -0.4 is 5.32 Å². The number of rotatable bonds is 4. The van der Waals surface area contributed by atoms with Gasteiger partial charge in [-0.2, -0.15) is 13.2 Å². The molecule has 1 heterocycles. The zero-order valence-corrected chi connectivity index (χ0v) is 14.1. The topological polar surface area (TPSA) is 32.3 Å². The number of amides is 1. The van der Waals surface area contributed by atoms with Crippen LogP contribution in [0.15, 0.2) is 24.3 Å².